The molecule has 8 nitrogen and oxygen atoms in total. The molecule has 1 fully saturated rings. The van der Waals surface area contributed by atoms with Crippen molar-refractivity contribution in [1.82, 2.24) is 4.31 Å². The zero-order valence-electron chi connectivity index (χ0n) is 19.8. The van der Waals surface area contributed by atoms with Gasteiger partial charge in [0.2, 0.25) is 15.9 Å². The van der Waals surface area contributed by atoms with Crippen molar-refractivity contribution in [2.24, 2.45) is 0 Å². The predicted octanol–water partition coefficient (Wildman–Crippen LogP) is 4.09. The Balaban J connectivity index is 1.51. The number of para-hydroxylation sites is 1. The molecule has 0 radical (unpaired) electrons. The minimum atomic E-state index is -4.00. The third-order valence-electron chi connectivity index (χ3n) is 6.00. The molecular formula is C26H29N3O5S2. The van der Waals surface area contributed by atoms with E-state index in [1.54, 1.807) is 48.5 Å². The third kappa shape index (κ3) is 5.95. The van der Waals surface area contributed by atoms with Gasteiger partial charge >= 0.3 is 0 Å². The van der Waals surface area contributed by atoms with Crippen LogP contribution in [0.4, 0.5) is 11.4 Å². The number of hydrogen-bond donors (Lipinski definition) is 1. The van der Waals surface area contributed by atoms with Gasteiger partial charge in [0.25, 0.3) is 10.0 Å². The number of amides is 1. The molecule has 36 heavy (non-hydrogen) atoms. The van der Waals surface area contributed by atoms with Crippen molar-refractivity contribution in [1.29, 1.82) is 0 Å². The van der Waals surface area contributed by atoms with Crippen molar-refractivity contribution >= 4 is 37.3 Å². The largest absolute Gasteiger partial charge is 0.325 e. The van der Waals surface area contributed by atoms with Gasteiger partial charge in [0.15, 0.2) is 0 Å². The Bertz CT molecular complexity index is 1370. The number of carbonyl (C=O) groups excluding carboxylic acids is 1. The van der Waals surface area contributed by atoms with Gasteiger partial charge < -0.3 is 5.32 Å². The summed E-state index contributed by atoms with van der Waals surface area (Å²) in [7, 11) is -7.60. The van der Waals surface area contributed by atoms with E-state index in [-0.39, 0.29) is 9.79 Å². The highest BCUT2D eigenvalue weighted by molar-refractivity contribution is 7.92. The molecule has 3 aromatic carbocycles. The lowest BCUT2D eigenvalue weighted by Crippen LogP contribution is -2.38. The van der Waals surface area contributed by atoms with Crippen LogP contribution in [0.2, 0.25) is 0 Å². The maximum absolute atomic E-state index is 13.3. The average molecular weight is 528 g/mol. The van der Waals surface area contributed by atoms with Crippen LogP contribution in [-0.2, 0) is 24.8 Å². The van der Waals surface area contributed by atoms with E-state index in [1.165, 1.54) is 40.7 Å². The second-order valence-corrected chi connectivity index (χ2v) is 12.4. The SMILES string of the molecule is O=C(CN(c1ccccc1)S(=O)(=O)c1ccccc1)Nc1ccc(S(=O)(=O)N2CCCCCC2)cc1. The smallest absolute Gasteiger partial charge is 0.264 e. The highest BCUT2D eigenvalue weighted by Gasteiger charge is 2.28. The van der Waals surface area contributed by atoms with E-state index in [2.05, 4.69) is 5.32 Å². The number of nitrogens with zero attached hydrogens (tertiary/aromatic N) is 2. The maximum Gasteiger partial charge on any atom is 0.264 e. The molecule has 1 heterocycles. The van der Waals surface area contributed by atoms with Gasteiger partial charge in [-0.3, -0.25) is 9.10 Å². The molecule has 190 valence electrons. The van der Waals surface area contributed by atoms with Crippen LogP contribution in [0.25, 0.3) is 0 Å². The number of carbonyl (C=O) groups is 1. The fraction of sp³-hybridized carbons (Fsp3) is 0.269. The predicted molar refractivity (Wildman–Crippen MR) is 140 cm³/mol. The number of anilines is 2. The molecule has 0 aromatic heterocycles. The Hall–Kier alpha value is -3.21. The fourth-order valence-corrected chi connectivity index (χ4v) is 7.06. The summed E-state index contributed by atoms with van der Waals surface area (Å²) >= 11 is 0. The summed E-state index contributed by atoms with van der Waals surface area (Å²) in [5.41, 5.74) is 0.732. The van der Waals surface area contributed by atoms with Gasteiger partial charge in [0, 0.05) is 18.8 Å². The summed E-state index contributed by atoms with van der Waals surface area (Å²) in [5.74, 6) is -0.554. The van der Waals surface area contributed by atoms with Gasteiger partial charge in [-0.2, -0.15) is 4.31 Å². The van der Waals surface area contributed by atoms with Crippen LogP contribution in [0.15, 0.2) is 94.7 Å². The van der Waals surface area contributed by atoms with Gasteiger partial charge in [-0.1, -0.05) is 49.2 Å². The number of benzene rings is 3. The second kappa shape index (κ2) is 11.2. The van der Waals surface area contributed by atoms with E-state index in [0.29, 0.717) is 24.5 Å². The van der Waals surface area contributed by atoms with E-state index in [1.807, 2.05) is 0 Å². The van der Waals surface area contributed by atoms with E-state index < -0.39 is 32.5 Å². The lowest BCUT2D eigenvalue weighted by atomic mass is 10.2. The van der Waals surface area contributed by atoms with Crippen molar-refractivity contribution in [3.05, 3.63) is 84.9 Å². The zero-order valence-corrected chi connectivity index (χ0v) is 21.4. The van der Waals surface area contributed by atoms with E-state index >= 15 is 0 Å². The second-order valence-electron chi connectivity index (χ2n) is 8.55. The molecule has 0 atom stereocenters. The van der Waals surface area contributed by atoms with Crippen molar-refractivity contribution in [2.45, 2.75) is 35.5 Å². The van der Waals surface area contributed by atoms with Gasteiger partial charge in [-0.05, 0) is 61.4 Å². The molecule has 4 rings (SSSR count). The highest BCUT2D eigenvalue weighted by Crippen LogP contribution is 2.24. The molecule has 1 aliphatic heterocycles. The maximum atomic E-state index is 13.3. The summed E-state index contributed by atoms with van der Waals surface area (Å²) in [6, 6.07) is 22.3. The lowest BCUT2D eigenvalue weighted by Gasteiger charge is -2.24. The molecular weight excluding hydrogens is 498 g/mol. The molecule has 0 bridgehead atoms. The topological polar surface area (TPSA) is 104 Å². The van der Waals surface area contributed by atoms with Gasteiger partial charge in [0.05, 0.1) is 15.5 Å². The van der Waals surface area contributed by atoms with Crippen LogP contribution < -0.4 is 9.62 Å². The molecule has 0 unspecified atom stereocenters. The molecule has 0 saturated carbocycles. The number of hydrogen-bond acceptors (Lipinski definition) is 5. The van der Waals surface area contributed by atoms with Crippen molar-refractivity contribution in [3.63, 3.8) is 0 Å². The first-order valence-corrected chi connectivity index (χ1v) is 14.7. The standard InChI is InChI=1S/C26H29N3O5S2/c30-26(21-29(23-11-5-3-6-12-23)36(33,34)24-13-7-4-8-14-24)27-22-15-17-25(18-16-22)35(31,32)28-19-9-1-2-10-20-28/h3-8,11-18H,1-2,9-10,19-21H2,(H,27,30). The number of nitrogens with one attached hydrogen (secondary N) is 1. The monoisotopic (exact) mass is 527 g/mol. The van der Waals surface area contributed by atoms with Crippen molar-refractivity contribution in [3.8, 4) is 0 Å². The Kier molecular flexibility index (Phi) is 8.07. The first kappa shape index (κ1) is 25.9. The first-order valence-electron chi connectivity index (χ1n) is 11.8. The molecule has 1 N–H and O–H groups in total. The first-order chi connectivity index (χ1) is 17.3. The van der Waals surface area contributed by atoms with Gasteiger partial charge in [-0.15, -0.1) is 0 Å². The molecule has 1 aliphatic rings. The van der Waals surface area contributed by atoms with E-state index in [0.717, 1.165) is 30.0 Å². The zero-order chi connectivity index (χ0) is 25.6. The number of rotatable bonds is 8. The van der Waals surface area contributed by atoms with Gasteiger partial charge in [-0.25, -0.2) is 16.8 Å². The summed E-state index contributed by atoms with van der Waals surface area (Å²) in [4.78, 5) is 13.1. The summed E-state index contributed by atoms with van der Waals surface area (Å²) in [5, 5.41) is 2.68. The van der Waals surface area contributed by atoms with E-state index in [9.17, 15) is 21.6 Å². The molecule has 10 heteroatoms. The third-order valence-corrected chi connectivity index (χ3v) is 9.70. The van der Waals surface area contributed by atoms with Crippen LogP contribution in [-0.4, -0.2) is 46.7 Å². The summed E-state index contributed by atoms with van der Waals surface area (Å²) in [6.07, 6.45) is 3.74. The van der Waals surface area contributed by atoms with Crippen LogP contribution in [0.3, 0.4) is 0 Å². The minimum Gasteiger partial charge on any atom is -0.325 e. The minimum absolute atomic E-state index is 0.0738. The molecule has 3 aromatic rings. The van der Waals surface area contributed by atoms with E-state index in [4.69, 9.17) is 0 Å². The van der Waals surface area contributed by atoms with Crippen LogP contribution in [0.5, 0.6) is 0 Å². The average Bonchev–Trinajstić information content (AvgIpc) is 3.19. The molecule has 1 amide bonds. The van der Waals surface area contributed by atoms with Crippen molar-refractivity contribution in [2.75, 3.05) is 29.3 Å². The number of sulfonamides is 2. The summed E-state index contributed by atoms with van der Waals surface area (Å²) in [6.45, 7) is 0.563. The lowest BCUT2D eigenvalue weighted by molar-refractivity contribution is -0.114. The normalized spacial score (nSPS) is 15.1. The van der Waals surface area contributed by atoms with Crippen LogP contribution in [0.1, 0.15) is 25.7 Å². The Morgan fingerprint density at radius 2 is 1.28 bits per heavy atom. The Morgan fingerprint density at radius 3 is 1.86 bits per heavy atom. The molecule has 0 aliphatic carbocycles. The molecule has 0 spiro atoms. The summed E-state index contributed by atoms with van der Waals surface area (Å²) < 4.78 is 55.2. The van der Waals surface area contributed by atoms with Crippen LogP contribution in [0, 0.1) is 0 Å². The van der Waals surface area contributed by atoms with Crippen LogP contribution >= 0.6 is 0 Å². The van der Waals surface area contributed by atoms with Crippen molar-refractivity contribution < 1.29 is 21.6 Å². The fourth-order valence-electron chi connectivity index (χ4n) is 4.10. The quantitative estimate of drug-likeness (QED) is 0.475. The Labute approximate surface area is 212 Å². The Morgan fingerprint density at radius 1 is 0.722 bits per heavy atom. The highest BCUT2D eigenvalue weighted by atomic mass is 32.2. The van der Waals surface area contributed by atoms with Gasteiger partial charge in [0.1, 0.15) is 6.54 Å². The molecule has 1 saturated heterocycles.